The summed E-state index contributed by atoms with van der Waals surface area (Å²) < 4.78 is 0. The zero-order valence-electron chi connectivity index (χ0n) is 10.1. The Kier molecular flexibility index (Phi) is 2.76. The Morgan fingerprint density at radius 3 is 2.68 bits per heavy atom. The quantitative estimate of drug-likeness (QED) is 0.775. The molecule has 0 bridgehead atoms. The molecule has 0 aliphatic heterocycles. The number of benzene rings is 1. The third-order valence-corrected chi connectivity index (χ3v) is 3.81. The summed E-state index contributed by atoms with van der Waals surface area (Å²) in [5.74, 6) is -0.999. The van der Waals surface area contributed by atoms with Gasteiger partial charge < -0.3 is 5.11 Å². The molecule has 0 unspecified atom stereocenters. The van der Waals surface area contributed by atoms with E-state index >= 15 is 0 Å². The molecular formula is C14H10N2O2S. The topological polar surface area (TPSA) is 63.1 Å². The van der Waals surface area contributed by atoms with Gasteiger partial charge in [-0.25, -0.2) is 14.8 Å². The highest BCUT2D eigenvalue weighted by molar-refractivity contribution is 7.15. The summed E-state index contributed by atoms with van der Waals surface area (Å²) in [6, 6.07) is 11.6. The molecule has 0 spiro atoms. The zero-order valence-corrected chi connectivity index (χ0v) is 10.9. The predicted octanol–water partition coefficient (Wildman–Crippen LogP) is 3.36. The largest absolute Gasteiger partial charge is 0.476 e. The highest BCUT2D eigenvalue weighted by Gasteiger charge is 2.15. The van der Waals surface area contributed by atoms with Crippen molar-refractivity contribution in [2.75, 3.05) is 0 Å². The van der Waals surface area contributed by atoms with Gasteiger partial charge in [-0.3, -0.25) is 0 Å². The second-order valence-corrected chi connectivity index (χ2v) is 5.32. The summed E-state index contributed by atoms with van der Waals surface area (Å²) in [6.07, 6.45) is 0. The van der Waals surface area contributed by atoms with E-state index in [4.69, 9.17) is 5.11 Å². The molecule has 0 fully saturated rings. The predicted molar refractivity (Wildman–Crippen MR) is 74.5 cm³/mol. The van der Waals surface area contributed by atoms with E-state index in [1.807, 2.05) is 36.4 Å². The smallest absolute Gasteiger partial charge is 0.355 e. The van der Waals surface area contributed by atoms with E-state index in [9.17, 15) is 4.79 Å². The minimum Gasteiger partial charge on any atom is -0.476 e. The van der Waals surface area contributed by atoms with Crippen LogP contribution in [0, 0.1) is 6.92 Å². The average Bonchev–Trinajstić information content (AvgIpc) is 2.80. The van der Waals surface area contributed by atoms with E-state index < -0.39 is 5.97 Å². The van der Waals surface area contributed by atoms with Crippen LogP contribution >= 0.6 is 11.3 Å². The lowest BCUT2D eigenvalue weighted by Crippen LogP contribution is -1.98. The number of aromatic carboxylic acids is 1. The maximum Gasteiger partial charge on any atom is 0.355 e. The SMILES string of the molecule is Cc1sc(-c2ccc3ccccc3n2)nc1C(=O)O. The van der Waals surface area contributed by atoms with Crippen molar-refractivity contribution in [2.45, 2.75) is 6.92 Å². The van der Waals surface area contributed by atoms with Gasteiger partial charge in [0.15, 0.2) is 5.69 Å². The van der Waals surface area contributed by atoms with E-state index in [0.29, 0.717) is 15.6 Å². The number of pyridine rings is 1. The van der Waals surface area contributed by atoms with Crippen LogP contribution in [0.3, 0.4) is 0 Å². The molecule has 1 aromatic carbocycles. The monoisotopic (exact) mass is 270 g/mol. The van der Waals surface area contributed by atoms with Gasteiger partial charge in [0.25, 0.3) is 0 Å². The number of carboxylic acid groups (broad SMARTS) is 1. The number of para-hydroxylation sites is 1. The van der Waals surface area contributed by atoms with E-state index in [0.717, 1.165) is 10.9 Å². The summed E-state index contributed by atoms with van der Waals surface area (Å²) in [7, 11) is 0. The van der Waals surface area contributed by atoms with Gasteiger partial charge in [-0.05, 0) is 19.1 Å². The molecule has 0 aliphatic rings. The molecule has 0 saturated heterocycles. The summed E-state index contributed by atoms with van der Waals surface area (Å²) in [6.45, 7) is 1.76. The van der Waals surface area contributed by atoms with Crippen LogP contribution in [0.15, 0.2) is 36.4 Å². The number of aromatic nitrogens is 2. The van der Waals surface area contributed by atoms with Crippen LogP contribution in [0.4, 0.5) is 0 Å². The Balaban J connectivity index is 2.13. The Bertz CT molecular complexity index is 780. The number of hydrogen-bond donors (Lipinski definition) is 1. The molecular weight excluding hydrogens is 260 g/mol. The first-order valence-electron chi connectivity index (χ1n) is 5.72. The van der Waals surface area contributed by atoms with Crippen LogP contribution in [-0.2, 0) is 0 Å². The van der Waals surface area contributed by atoms with Crippen molar-refractivity contribution in [3.05, 3.63) is 47.0 Å². The van der Waals surface area contributed by atoms with Gasteiger partial charge in [0.05, 0.1) is 11.2 Å². The van der Waals surface area contributed by atoms with Crippen molar-refractivity contribution in [1.29, 1.82) is 0 Å². The van der Waals surface area contributed by atoms with Gasteiger partial charge in [0.1, 0.15) is 5.01 Å². The summed E-state index contributed by atoms with van der Waals surface area (Å²) in [4.78, 5) is 20.4. The van der Waals surface area contributed by atoms with Crippen LogP contribution in [0.5, 0.6) is 0 Å². The molecule has 19 heavy (non-hydrogen) atoms. The van der Waals surface area contributed by atoms with Crippen molar-refractivity contribution in [3.8, 4) is 10.7 Å². The molecule has 0 atom stereocenters. The molecule has 1 N–H and O–H groups in total. The second-order valence-electron chi connectivity index (χ2n) is 4.12. The first-order valence-corrected chi connectivity index (χ1v) is 6.53. The van der Waals surface area contributed by atoms with Crippen molar-refractivity contribution in [1.82, 2.24) is 9.97 Å². The fourth-order valence-electron chi connectivity index (χ4n) is 1.89. The van der Waals surface area contributed by atoms with Gasteiger partial charge in [-0.2, -0.15) is 0 Å². The van der Waals surface area contributed by atoms with Crippen LogP contribution in [0.1, 0.15) is 15.4 Å². The fourth-order valence-corrected chi connectivity index (χ4v) is 2.76. The van der Waals surface area contributed by atoms with E-state index in [2.05, 4.69) is 9.97 Å². The molecule has 4 nitrogen and oxygen atoms in total. The molecule has 0 amide bonds. The third kappa shape index (κ3) is 2.08. The van der Waals surface area contributed by atoms with Gasteiger partial charge >= 0.3 is 5.97 Å². The molecule has 2 aromatic heterocycles. The lowest BCUT2D eigenvalue weighted by molar-refractivity contribution is 0.0690. The maximum atomic E-state index is 11.0. The number of nitrogens with zero attached hydrogens (tertiary/aromatic N) is 2. The van der Waals surface area contributed by atoms with Crippen LogP contribution < -0.4 is 0 Å². The normalized spacial score (nSPS) is 10.8. The molecule has 3 rings (SSSR count). The number of rotatable bonds is 2. The Morgan fingerprint density at radius 1 is 1.16 bits per heavy atom. The van der Waals surface area contributed by atoms with Crippen LogP contribution in [0.2, 0.25) is 0 Å². The van der Waals surface area contributed by atoms with E-state index in [1.165, 1.54) is 11.3 Å². The number of hydrogen-bond acceptors (Lipinski definition) is 4. The Morgan fingerprint density at radius 2 is 1.95 bits per heavy atom. The number of thiazole rings is 1. The standard InChI is InChI=1S/C14H10N2O2S/c1-8-12(14(17)18)16-13(19-8)11-7-6-9-4-2-3-5-10(9)15-11/h2-7H,1H3,(H,17,18). The summed E-state index contributed by atoms with van der Waals surface area (Å²) >= 11 is 1.35. The Labute approximate surface area is 113 Å². The van der Waals surface area contributed by atoms with Gasteiger partial charge in [0.2, 0.25) is 0 Å². The van der Waals surface area contributed by atoms with Gasteiger partial charge in [-0.1, -0.05) is 24.3 Å². The van der Waals surface area contributed by atoms with Gasteiger partial charge in [-0.15, -0.1) is 11.3 Å². The average molecular weight is 270 g/mol. The van der Waals surface area contributed by atoms with E-state index in [1.54, 1.807) is 6.92 Å². The molecule has 94 valence electrons. The number of carboxylic acids is 1. The van der Waals surface area contributed by atoms with Gasteiger partial charge in [0, 0.05) is 10.3 Å². The molecule has 2 heterocycles. The third-order valence-electron chi connectivity index (χ3n) is 2.82. The van der Waals surface area contributed by atoms with Crippen molar-refractivity contribution in [2.24, 2.45) is 0 Å². The number of aryl methyl sites for hydroxylation is 1. The number of fused-ring (bicyclic) bond motifs is 1. The molecule has 5 heteroatoms. The molecule has 0 saturated carbocycles. The van der Waals surface area contributed by atoms with E-state index in [-0.39, 0.29) is 5.69 Å². The first-order chi connectivity index (χ1) is 9.15. The van der Waals surface area contributed by atoms with Crippen molar-refractivity contribution < 1.29 is 9.90 Å². The zero-order chi connectivity index (χ0) is 13.4. The van der Waals surface area contributed by atoms with Crippen molar-refractivity contribution in [3.63, 3.8) is 0 Å². The minimum absolute atomic E-state index is 0.106. The summed E-state index contributed by atoms with van der Waals surface area (Å²) in [5, 5.41) is 10.7. The maximum absolute atomic E-state index is 11.0. The highest BCUT2D eigenvalue weighted by atomic mass is 32.1. The number of carbonyl (C=O) groups is 1. The second kappa shape index (κ2) is 4.44. The highest BCUT2D eigenvalue weighted by Crippen LogP contribution is 2.27. The van der Waals surface area contributed by atoms with Crippen LogP contribution in [-0.4, -0.2) is 21.0 Å². The summed E-state index contributed by atoms with van der Waals surface area (Å²) in [5.41, 5.74) is 1.69. The fraction of sp³-hybridized carbons (Fsp3) is 0.0714. The van der Waals surface area contributed by atoms with Crippen molar-refractivity contribution >= 4 is 28.2 Å². The molecule has 0 aliphatic carbocycles. The Hall–Kier alpha value is -2.27. The first kappa shape index (κ1) is 11.8. The lowest BCUT2D eigenvalue weighted by atomic mass is 10.2. The van der Waals surface area contributed by atoms with Crippen LogP contribution in [0.25, 0.3) is 21.6 Å². The minimum atomic E-state index is -0.999. The molecule has 3 aromatic rings. The lowest BCUT2D eigenvalue weighted by Gasteiger charge is -1.99. The molecule has 0 radical (unpaired) electrons.